The van der Waals surface area contributed by atoms with Crippen LogP contribution in [0.25, 0.3) is 0 Å². The number of unbranched alkanes of at least 4 members (excludes halogenated alkanes) is 1. The van der Waals surface area contributed by atoms with Gasteiger partial charge in [0, 0.05) is 12.0 Å². The Bertz CT molecular complexity index is 266. The molecule has 0 aromatic heterocycles. The normalized spacial score (nSPS) is 29.1. The highest BCUT2D eigenvalue weighted by Gasteiger charge is 2.26. The number of carbonyl (C=O) groups is 1. The Hall–Kier alpha value is -0.570. The van der Waals surface area contributed by atoms with Gasteiger partial charge in [-0.2, -0.15) is 0 Å². The van der Waals surface area contributed by atoms with E-state index in [-0.39, 0.29) is 5.92 Å². The average molecular weight is 266 g/mol. The smallest absolute Gasteiger partial charge is 0.223 e. The minimum Gasteiger partial charge on any atom is -0.353 e. The first kappa shape index (κ1) is 14.8. The van der Waals surface area contributed by atoms with E-state index >= 15 is 0 Å². The zero-order chi connectivity index (χ0) is 13.5. The molecule has 110 valence electrons. The first-order valence-electron chi connectivity index (χ1n) is 8.30. The van der Waals surface area contributed by atoms with Crippen molar-refractivity contribution < 1.29 is 4.79 Å². The van der Waals surface area contributed by atoms with Gasteiger partial charge in [-0.1, -0.05) is 26.2 Å². The SMILES string of the molecule is CCCCC1CCC(NC(=O)C2CCNCC2)CC1. The quantitative estimate of drug-likeness (QED) is 0.803. The van der Waals surface area contributed by atoms with Crippen LogP contribution in [-0.4, -0.2) is 25.0 Å². The van der Waals surface area contributed by atoms with E-state index in [9.17, 15) is 4.79 Å². The van der Waals surface area contributed by atoms with Gasteiger partial charge >= 0.3 is 0 Å². The van der Waals surface area contributed by atoms with Crippen LogP contribution < -0.4 is 10.6 Å². The van der Waals surface area contributed by atoms with Gasteiger partial charge in [-0.3, -0.25) is 4.79 Å². The second kappa shape index (κ2) is 7.88. The first-order valence-corrected chi connectivity index (χ1v) is 8.30. The molecule has 3 nitrogen and oxygen atoms in total. The summed E-state index contributed by atoms with van der Waals surface area (Å²) in [5.41, 5.74) is 0. The second-order valence-corrected chi connectivity index (χ2v) is 6.39. The molecule has 0 aromatic carbocycles. The van der Waals surface area contributed by atoms with Crippen LogP contribution in [0.3, 0.4) is 0 Å². The van der Waals surface area contributed by atoms with Crippen LogP contribution in [0.1, 0.15) is 64.7 Å². The molecule has 3 heteroatoms. The third kappa shape index (κ3) is 4.79. The lowest BCUT2D eigenvalue weighted by molar-refractivity contribution is -0.126. The fourth-order valence-corrected chi connectivity index (χ4v) is 3.49. The Kier molecular flexibility index (Phi) is 6.15. The monoisotopic (exact) mass is 266 g/mol. The van der Waals surface area contributed by atoms with Gasteiger partial charge in [0.2, 0.25) is 5.91 Å². The summed E-state index contributed by atoms with van der Waals surface area (Å²) in [5.74, 6) is 1.50. The molecule has 1 aliphatic heterocycles. The van der Waals surface area contributed by atoms with Gasteiger partial charge < -0.3 is 10.6 Å². The predicted molar refractivity (Wildman–Crippen MR) is 79.0 cm³/mol. The van der Waals surface area contributed by atoms with Crippen LogP contribution in [0.4, 0.5) is 0 Å². The molecule has 0 unspecified atom stereocenters. The van der Waals surface area contributed by atoms with Gasteiger partial charge in [0.1, 0.15) is 0 Å². The van der Waals surface area contributed by atoms with E-state index in [0.29, 0.717) is 11.9 Å². The van der Waals surface area contributed by atoms with E-state index in [4.69, 9.17) is 0 Å². The van der Waals surface area contributed by atoms with Gasteiger partial charge in [0.05, 0.1) is 0 Å². The van der Waals surface area contributed by atoms with Gasteiger partial charge in [0.15, 0.2) is 0 Å². The lowest BCUT2D eigenvalue weighted by Gasteiger charge is -2.31. The molecule has 1 amide bonds. The lowest BCUT2D eigenvalue weighted by Crippen LogP contribution is -2.43. The molecule has 1 saturated heterocycles. The van der Waals surface area contributed by atoms with Crippen molar-refractivity contribution in [1.29, 1.82) is 0 Å². The maximum absolute atomic E-state index is 12.2. The fourth-order valence-electron chi connectivity index (χ4n) is 3.49. The molecule has 2 rings (SSSR count). The topological polar surface area (TPSA) is 41.1 Å². The number of hydrogen-bond donors (Lipinski definition) is 2. The number of carbonyl (C=O) groups excluding carboxylic acids is 1. The minimum absolute atomic E-state index is 0.263. The maximum Gasteiger partial charge on any atom is 0.223 e. The number of rotatable bonds is 5. The van der Waals surface area contributed by atoms with E-state index in [0.717, 1.165) is 31.8 Å². The van der Waals surface area contributed by atoms with Crippen molar-refractivity contribution in [2.45, 2.75) is 70.8 Å². The van der Waals surface area contributed by atoms with Gasteiger partial charge in [-0.25, -0.2) is 0 Å². The number of amides is 1. The molecule has 0 spiro atoms. The van der Waals surface area contributed by atoms with Gasteiger partial charge in [-0.15, -0.1) is 0 Å². The van der Waals surface area contributed by atoms with Crippen molar-refractivity contribution in [1.82, 2.24) is 10.6 Å². The van der Waals surface area contributed by atoms with E-state index in [1.54, 1.807) is 0 Å². The predicted octanol–water partition coefficient (Wildman–Crippen LogP) is 2.85. The Morgan fingerprint density at radius 2 is 1.79 bits per heavy atom. The van der Waals surface area contributed by atoms with Crippen molar-refractivity contribution in [3.05, 3.63) is 0 Å². The number of nitrogens with one attached hydrogen (secondary N) is 2. The summed E-state index contributed by atoms with van der Waals surface area (Å²) in [7, 11) is 0. The molecule has 2 aliphatic rings. The van der Waals surface area contributed by atoms with Crippen LogP contribution in [0.15, 0.2) is 0 Å². The highest BCUT2D eigenvalue weighted by Crippen LogP contribution is 2.28. The highest BCUT2D eigenvalue weighted by molar-refractivity contribution is 5.79. The summed E-state index contributed by atoms with van der Waals surface area (Å²) in [6.45, 7) is 4.27. The number of piperidine rings is 1. The first-order chi connectivity index (χ1) is 9.29. The highest BCUT2D eigenvalue weighted by atomic mass is 16.1. The zero-order valence-electron chi connectivity index (χ0n) is 12.4. The van der Waals surface area contributed by atoms with E-state index in [1.807, 2.05) is 0 Å². The Morgan fingerprint density at radius 1 is 1.11 bits per heavy atom. The van der Waals surface area contributed by atoms with E-state index < -0.39 is 0 Å². The van der Waals surface area contributed by atoms with Crippen LogP contribution in [0, 0.1) is 11.8 Å². The van der Waals surface area contributed by atoms with Crippen LogP contribution in [0.5, 0.6) is 0 Å². The fraction of sp³-hybridized carbons (Fsp3) is 0.938. The van der Waals surface area contributed by atoms with Gasteiger partial charge in [0.25, 0.3) is 0 Å². The molecule has 2 fully saturated rings. The summed E-state index contributed by atoms with van der Waals surface area (Å²) in [6, 6.07) is 0.459. The Balaban J connectivity index is 1.65. The van der Waals surface area contributed by atoms with Crippen molar-refractivity contribution in [3.8, 4) is 0 Å². The van der Waals surface area contributed by atoms with Crippen molar-refractivity contribution in [3.63, 3.8) is 0 Å². The number of hydrogen-bond acceptors (Lipinski definition) is 2. The Morgan fingerprint density at radius 3 is 2.42 bits per heavy atom. The molecular weight excluding hydrogens is 236 g/mol. The molecule has 0 atom stereocenters. The largest absolute Gasteiger partial charge is 0.353 e. The summed E-state index contributed by atoms with van der Waals surface area (Å²) >= 11 is 0. The maximum atomic E-state index is 12.2. The summed E-state index contributed by atoms with van der Waals surface area (Å²) in [4.78, 5) is 12.2. The summed E-state index contributed by atoms with van der Waals surface area (Å²) in [5, 5.41) is 6.62. The molecule has 0 radical (unpaired) electrons. The molecule has 1 saturated carbocycles. The molecule has 1 heterocycles. The van der Waals surface area contributed by atoms with Crippen LogP contribution in [-0.2, 0) is 4.79 Å². The molecule has 1 aliphatic carbocycles. The second-order valence-electron chi connectivity index (χ2n) is 6.39. The third-order valence-electron chi connectivity index (χ3n) is 4.87. The lowest BCUT2D eigenvalue weighted by atomic mass is 9.83. The van der Waals surface area contributed by atoms with Crippen molar-refractivity contribution >= 4 is 5.91 Å². The molecule has 2 N–H and O–H groups in total. The van der Waals surface area contributed by atoms with Crippen LogP contribution in [0.2, 0.25) is 0 Å². The molecule has 19 heavy (non-hydrogen) atoms. The van der Waals surface area contributed by atoms with Gasteiger partial charge in [-0.05, 0) is 57.5 Å². The minimum atomic E-state index is 0.263. The molecule has 0 bridgehead atoms. The van der Waals surface area contributed by atoms with Crippen molar-refractivity contribution in [2.75, 3.05) is 13.1 Å². The molecule has 0 aromatic rings. The summed E-state index contributed by atoms with van der Waals surface area (Å²) < 4.78 is 0. The zero-order valence-corrected chi connectivity index (χ0v) is 12.4. The Labute approximate surface area is 117 Å². The van der Waals surface area contributed by atoms with Crippen molar-refractivity contribution in [2.24, 2.45) is 11.8 Å². The average Bonchev–Trinajstić information content (AvgIpc) is 2.47. The van der Waals surface area contributed by atoms with Crippen LogP contribution >= 0.6 is 0 Å². The summed E-state index contributed by atoms with van der Waals surface area (Å²) in [6.07, 6.45) is 11.1. The molecular formula is C16H30N2O. The van der Waals surface area contributed by atoms with E-state index in [1.165, 1.54) is 44.9 Å². The third-order valence-corrected chi connectivity index (χ3v) is 4.87. The standard InChI is InChI=1S/C16H30N2O/c1-2-3-4-13-5-7-15(8-6-13)18-16(19)14-9-11-17-12-10-14/h13-15,17H,2-12H2,1H3,(H,18,19). The van der Waals surface area contributed by atoms with E-state index in [2.05, 4.69) is 17.6 Å².